The van der Waals surface area contributed by atoms with Gasteiger partial charge in [0.05, 0.1) is 12.2 Å². The van der Waals surface area contributed by atoms with E-state index in [1.165, 1.54) is 122 Å². The van der Waals surface area contributed by atoms with Gasteiger partial charge in [0.1, 0.15) is 0 Å². The van der Waals surface area contributed by atoms with Crippen molar-refractivity contribution < 1.29 is 4.74 Å². The summed E-state index contributed by atoms with van der Waals surface area (Å²) in [5.74, 6) is 21.1. The second kappa shape index (κ2) is 26.6. The molecule has 0 amide bonds. The third-order valence-electron chi connectivity index (χ3n) is 20.3. The van der Waals surface area contributed by atoms with E-state index in [2.05, 4.69) is 13.8 Å². The Morgan fingerprint density at radius 1 is 0.317 bits per heavy atom. The first-order chi connectivity index (χ1) is 30.5. The normalized spacial score (nSPS) is 46.8. The molecule has 17 aliphatic rings. The van der Waals surface area contributed by atoms with Crippen molar-refractivity contribution in [3.8, 4) is 0 Å². The van der Waals surface area contributed by atoms with Crippen molar-refractivity contribution in [2.45, 2.75) is 284 Å². The van der Waals surface area contributed by atoms with E-state index in [0.29, 0.717) is 0 Å². The number of rotatable bonds is 0. The van der Waals surface area contributed by atoms with Crippen LogP contribution in [0, 0.1) is 112 Å². The molecule has 372 valence electrons. The Balaban J connectivity index is 0.000000159. The summed E-state index contributed by atoms with van der Waals surface area (Å²) in [7, 11) is 0. The zero-order chi connectivity index (χ0) is 45.1. The minimum atomic E-state index is 0. The highest BCUT2D eigenvalue weighted by molar-refractivity contribution is 5.13. The van der Waals surface area contributed by atoms with Crippen LogP contribution in [0.25, 0.3) is 0 Å². The van der Waals surface area contributed by atoms with Crippen LogP contribution in [0.1, 0.15) is 271 Å². The topological polar surface area (TPSA) is 12.5 Å². The van der Waals surface area contributed by atoms with Gasteiger partial charge in [-0.3, -0.25) is 0 Å². The van der Waals surface area contributed by atoms with Crippen LogP contribution >= 0.6 is 0 Å². The van der Waals surface area contributed by atoms with Crippen molar-refractivity contribution in [1.82, 2.24) is 0 Å². The predicted molar refractivity (Wildman–Crippen MR) is 280 cm³/mol. The van der Waals surface area contributed by atoms with Gasteiger partial charge in [-0.1, -0.05) is 181 Å². The van der Waals surface area contributed by atoms with E-state index in [1.807, 2.05) is 83.1 Å². The average molecular weight is 880 g/mol. The Morgan fingerprint density at radius 3 is 1.10 bits per heavy atom. The summed E-state index contributed by atoms with van der Waals surface area (Å²) in [5, 5.41) is 0. The van der Waals surface area contributed by atoms with E-state index >= 15 is 0 Å². The largest absolute Gasteiger partial charge is 0.369 e. The molecule has 17 rings (SSSR count). The van der Waals surface area contributed by atoms with Gasteiger partial charge in [0.25, 0.3) is 0 Å². The Labute approximate surface area is 398 Å². The van der Waals surface area contributed by atoms with Gasteiger partial charge >= 0.3 is 0 Å². The lowest BCUT2D eigenvalue weighted by molar-refractivity contribution is -0.0733. The first-order valence-electron chi connectivity index (χ1n) is 30.1. The standard InChI is InChI=1S/C10H14O.C10H16.C8H12.C8H14.C7H12.C6H10.6C2H6.CH4/c1-2-6-3-5(1)7-4-8-10(11-8)9(6)7;1-10(2)7-3-6-4-8(6)9(10)5-7;1-2-6-3-5(1)7-4-8(6)7;1-2-4-7-6-8(7)5-3-1;1-2-4-7-5-6(7)3-1;1-2-5-4-6(5)3-1;6*1-2;/h5-10H,1-4H2;6-9H,3-5H2,1-2H3;5-8H,1-4H2;7-8H,1-6H2;6-7H,1-5H2;5-6H,1-4H2;6*1-2H3;1H4. The molecule has 1 aliphatic heterocycles. The molecular weight excluding hydrogens is 761 g/mol. The average Bonchev–Trinajstić information content (AvgIpc) is 4.06. The second-order valence-electron chi connectivity index (χ2n) is 23.2. The third kappa shape index (κ3) is 13.8. The second-order valence-corrected chi connectivity index (χ2v) is 23.2. The molecule has 16 aliphatic carbocycles. The van der Waals surface area contributed by atoms with E-state index in [-0.39, 0.29) is 7.43 Å². The smallest absolute Gasteiger partial charge is 0.0875 e. The zero-order valence-electron chi connectivity index (χ0n) is 44.8. The van der Waals surface area contributed by atoms with Crippen molar-refractivity contribution >= 4 is 0 Å². The molecule has 1 heteroatoms. The van der Waals surface area contributed by atoms with Crippen molar-refractivity contribution in [1.29, 1.82) is 0 Å². The summed E-state index contributed by atoms with van der Waals surface area (Å²) in [5.41, 5.74) is 0.748. The molecule has 20 unspecified atom stereocenters. The maximum absolute atomic E-state index is 5.62. The fraction of sp³-hybridized carbons (Fsp3) is 1.00. The van der Waals surface area contributed by atoms with Crippen LogP contribution in [0.4, 0.5) is 0 Å². The molecule has 1 heterocycles. The van der Waals surface area contributed by atoms with Gasteiger partial charge in [-0.05, 0) is 202 Å². The predicted octanol–water partition coefficient (Wildman–Crippen LogP) is 19.9. The summed E-state index contributed by atoms with van der Waals surface area (Å²) in [4.78, 5) is 0. The lowest BCUT2D eigenvalue weighted by Crippen LogP contribution is -2.49. The zero-order valence-corrected chi connectivity index (χ0v) is 44.8. The molecule has 0 N–H and O–H groups in total. The lowest BCUT2D eigenvalue weighted by atomic mass is 9.49. The molecule has 0 aromatic carbocycles. The highest BCUT2D eigenvalue weighted by Crippen LogP contribution is 2.71. The van der Waals surface area contributed by atoms with Gasteiger partial charge in [-0.25, -0.2) is 0 Å². The van der Waals surface area contributed by atoms with E-state index in [9.17, 15) is 0 Å². The van der Waals surface area contributed by atoms with Crippen LogP contribution in [0.3, 0.4) is 0 Å². The maximum Gasteiger partial charge on any atom is 0.0875 e. The van der Waals surface area contributed by atoms with Gasteiger partial charge in [0, 0.05) is 0 Å². The van der Waals surface area contributed by atoms with Gasteiger partial charge in [-0.2, -0.15) is 0 Å². The lowest BCUT2D eigenvalue weighted by Gasteiger charge is -2.56. The number of fused-ring (bicyclic) bond motifs is 15. The van der Waals surface area contributed by atoms with Crippen molar-refractivity contribution in [3.05, 3.63) is 0 Å². The summed E-state index contributed by atoms with van der Waals surface area (Å²) >= 11 is 0. The van der Waals surface area contributed by atoms with E-state index in [1.54, 1.807) is 116 Å². The Morgan fingerprint density at radius 2 is 0.714 bits per heavy atom. The first kappa shape index (κ1) is 55.6. The van der Waals surface area contributed by atoms with Crippen LogP contribution < -0.4 is 0 Å². The van der Waals surface area contributed by atoms with Crippen molar-refractivity contribution in [2.24, 2.45) is 112 Å². The van der Waals surface area contributed by atoms with Crippen LogP contribution in [0.5, 0.6) is 0 Å². The van der Waals surface area contributed by atoms with Gasteiger partial charge in [0.15, 0.2) is 0 Å². The minimum Gasteiger partial charge on any atom is -0.369 e. The molecule has 1 saturated heterocycles. The monoisotopic (exact) mass is 879 g/mol. The molecular formula is C62H118O. The minimum absolute atomic E-state index is 0. The molecule has 0 spiro atoms. The Kier molecular flexibility index (Phi) is 23.5. The molecule has 0 aromatic heterocycles. The highest BCUT2D eigenvalue weighted by atomic mass is 16.6. The molecule has 17 fully saturated rings. The van der Waals surface area contributed by atoms with Crippen LogP contribution in [0.15, 0.2) is 0 Å². The molecule has 0 radical (unpaired) electrons. The highest BCUT2D eigenvalue weighted by Gasteiger charge is 2.65. The Bertz CT molecular complexity index is 1180. The van der Waals surface area contributed by atoms with Gasteiger partial charge in [0.2, 0.25) is 0 Å². The van der Waals surface area contributed by atoms with Crippen LogP contribution in [-0.4, -0.2) is 12.2 Å². The molecule has 63 heavy (non-hydrogen) atoms. The quantitative estimate of drug-likeness (QED) is 0.221. The van der Waals surface area contributed by atoms with Gasteiger partial charge in [-0.15, -0.1) is 0 Å². The molecule has 1 nitrogen and oxygen atoms in total. The van der Waals surface area contributed by atoms with Crippen LogP contribution in [0.2, 0.25) is 0 Å². The van der Waals surface area contributed by atoms with Gasteiger partial charge < -0.3 is 4.74 Å². The van der Waals surface area contributed by atoms with Crippen molar-refractivity contribution in [3.63, 3.8) is 0 Å². The molecule has 16 saturated carbocycles. The maximum atomic E-state index is 5.62. The summed E-state index contributed by atoms with van der Waals surface area (Å²) in [6.07, 6.45) is 42.0. The summed E-state index contributed by atoms with van der Waals surface area (Å²) in [6, 6.07) is 0. The number of ether oxygens (including phenoxy) is 1. The van der Waals surface area contributed by atoms with Crippen molar-refractivity contribution in [2.75, 3.05) is 0 Å². The fourth-order valence-corrected chi connectivity index (χ4v) is 16.5. The Hall–Kier alpha value is -0.0400. The number of hydrogen-bond acceptors (Lipinski definition) is 1. The molecule has 0 aromatic rings. The SMILES string of the molecule is C.C1CC2CC1C1CC21.C1CC2CC1C1CC3OC3C21.C1CC2CC2C1.C1CCC2CC2C1.C1CCC2CC2CC1.CC.CC.CC.CC.CC.CC.CC1(C)C2CC3CC3C1C2. The summed E-state index contributed by atoms with van der Waals surface area (Å²) < 4.78 is 5.62. The van der Waals surface area contributed by atoms with E-state index < -0.39 is 0 Å². The molecule has 6 bridgehead atoms. The fourth-order valence-electron chi connectivity index (χ4n) is 16.5. The first-order valence-corrected chi connectivity index (χ1v) is 30.1. The summed E-state index contributed by atoms with van der Waals surface area (Å²) in [6.45, 7) is 29.0. The van der Waals surface area contributed by atoms with E-state index in [4.69, 9.17) is 4.74 Å². The van der Waals surface area contributed by atoms with E-state index in [0.717, 1.165) is 53.1 Å². The molecule has 20 atom stereocenters. The van der Waals surface area contributed by atoms with Crippen LogP contribution in [-0.2, 0) is 4.74 Å². The third-order valence-corrected chi connectivity index (χ3v) is 20.3. The number of hydrogen-bond donors (Lipinski definition) is 0. The number of epoxide rings is 1.